The molecule has 3 rings (SSSR count). The zero-order valence-corrected chi connectivity index (χ0v) is 18.8. The predicted octanol–water partition coefficient (Wildman–Crippen LogP) is 4.12. The van der Waals surface area contributed by atoms with Gasteiger partial charge in [-0.3, -0.25) is 4.79 Å². The van der Waals surface area contributed by atoms with Gasteiger partial charge in [-0.25, -0.2) is 8.42 Å². The first-order valence-corrected chi connectivity index (χ1v) is 11.6. The van der Waals surface area contributed by atoms with E-state index in [2.05, 4.69) is 27.9 Å². The minimum absolute atomic E-state index is 0.00988. The van der Waals surface area contributed by atoms with Crippen LogP contribution in [0.1, 0.15) is 36.5 Å². The second kappa shape index (κ2) is 8.79. The van der Waals surface area contributed by atoms with Crippen molar-refractivity contribution in [2.45, 2.75) is 37.1 Å². The van der Waals surface area contributed by atoms with Crippen molar-refractivity contribution < 1.29 is 17.9 Å². The molecule has 28 heavy (non-hydrogen) atoms. The molecule has 0 spiro atoms. The van der Waals surface area contributed by atoms with Gasteiger partial charge in [0.25, 0.3) is 5.91 Å². The van der Waals surface area contributed by atoms with Crippen molar-refractivity contribution in [3.8, 4) is 5.75 Å². The third-order valence-electron chi connectivity index (χ3n) is 4.87. The number of piperidine rings is 1. The SMILES string of the molecule is COc1ccc(C(=O)Nc2ccc(S(=O)(=O)N3CCCCC3C)cc2)cc1I. The van der Waals surface area contributed by atoms with Crippen molar-refractivity contribution in [1.29, 1.82) is 0 Å². The molecule has 0 aromatic heterocycles. The standard InChI is InChI=1S/C20H23IN2O4S/c1-14-5-3-4-12-23(14)28(25,26)17-9-7-16(8-10-17)22-20(24)15-6-11-19(27-2)18(21)13-15/h6-11,13-14H,3-5,12H2,1-2H3,(H,22,24). The number of halogens is 1. The first kappa shape index (κ1) is 21.1. The van der Waals surface area contributed by atoms with Crippen LogP contribution in [0.3, 0.4) is 0 Å². The van der Waals surface area contributed by atoms with Crippen molar-refractivity contribution in [3.05, 3.63) is 51.6 Å². The number of rotatable bonds is 5. The lowest BCUT2D eigenvalue weighted by Gasteiger charge is -2.32. The fraction of sp³-hybridized carbons (Fsp3) is 0.350. The summed E-state index contributed by atoms with van der Waals surface area (Å²) in [5.41, 5.74) is 1.05. The molecule has 6 nitrogen and oxygen atoms in total. The summed E-state index contributed by atoms with van der Waals surface area (Å²) in [5.74, 6) is 0.444. The molecule has 0 radical (unpaired) electrons. The average molecular weight is 514 g/mol. The van der Waals surface area contributed by atoms with Crippen LogP contribution in [0.15, 0.2) is 47.4 Å². The summed E-state index contributed by atoms with van der Waals surface area (Å²) < 4.78 is 33.4. The number of sulfonamides is 1. The largest absolute Gasteiger partial charge is 0.496 e. The van der Waals surface area contributed by atoms with E-state index >= 15 is 0 Å². The van der Waals surface area contributed by atoms with Crippen LogP contribution in [0.5, 0.6) is 5.75 Å². The molecule has 150 valence electrons. The third kappa shape index (κ3) is 4.49. The Balaban J connectivity index is 1.74. The second-order valence-corrected chi connectivity index (χ2v) is 9.84. The number of methoxy groups -OCH3 is 1. The maximum Gasteiger partial charge on any atom is 0.255 e. The van der Waals surface area contributed by atoms with Gasteiger partial charge in [0.1, 0.15) is 5.75 Å². The van der Waals surface area contributed by atoms with Crippen LogP contribution in [0.2, 0.25) is 0 Å². The molecule has 2 aromatic rings. The monoisotopic (exact) mass is 514 g/mol. The van der Waals surface area contributed by atoms with Gasteiger partial charge in [0, 0.05) is 23.8 Å². The lowest BCUT2D eigenvalue weighted by molar-refractivity contribution is 0.102. The molecule has 1 amide bonds. The van der Waals surface area contributed by atoms with E-state index in [-0.39, 0.29) is 16.8 Å². The highest BCUT2D eigenvalue weighted by molar-refractivity contribution is 14.1. The maximum absolute atomic E-state index is 12.9. The van der Waals surface area contributed by atoms with Crippen LogP contribution in [0.4, 0.5) is 5.69 Å². The summed E-state index contributed by atoms with van der Waals surface area (Å²) in [6.45, 7) is 2.50. The molecule has 1 unspecified atom stereocenters. The van der Waals surface area contributed by atoms with Gasteiger partial charge in [-0.1, -0.05) is 6.42 Å². The highest BCUT2D eigenvalue weighted by atomic mass is 127. The molecule has 0 bridgehead atoms. The predicted molar refractivity (Wildman–Crippen MR) is 117 cm³/mol. The third-order valence-corrected chi connectivity index (χ3v) is 7.75. The Morgan fingerprint density at radius 2 is 1.89 bits per heavy atom. The first-order valence-electron chi connectivity index (χ1n) is 9.09. The van der Waals surface area contributed by atoms with Crippen LogP contribution in [0.25, 0.3) is 0 Å². The molecule has 1 aliphatic heterocycles. The van der Waals surface area contributed by atoms with E-state index in [0.29, 0.717) is 23.5 Å². The number of carbonyl (C=O) groups excluding carboxylic acids is 1. The molecule has 1 aliphatic rings. The zero-order chi connectivity index (χ0) is 20.3. The molecular weight excluding hydrogens is 491 g/mol. The fourth-order valence-electron chi connectivity index (χ4n) is 3.29. The summed E-state index contributed by atoms with van der Waals surface area (Å²) >= 11 is 2.11. The van der Waals surface area contributed by atoms with Gasteiger partial charge in [-0.15, -0.1) is 0 Å². The van der Waals surface area contributed by atoms with Crippen LogP contribution < -0.4 is 10.1 Å². The molecular formula is C20H23IN2O4S. The summed E-state index contributed by atoms with van der Waals surface area (Å²) in [6.07, 6.45) is 2.83. The summed E-state index contributed by atoms with van der Waals surface area (Å²) in [7, 11) is -1.94. The number of nitrogens with one attached hydrogen (secondary N) is 1. The number of ether oxygens (including phenoxy) is 1. The molecule has 1 N–H and O–H groups in total. The Morgan fingerprint density at radius 3 is 2.50 bits per heavy atom. The quantitative estimate of drug-likeness (QED) is 0.610. The van der Waals surface area contributed by atoms with E-state index in [4.69, 9.17) is 4.74 Å². The molecule has 0 saturated carbocycles. The maximum atomic E-state index is 12.9. The van der Waals surface area contributed by atoms with Gasteiger partial charge in [0.05, 0.1) is 15.6 Å². The Labute approximate surface area is 179 Å². The average Bonchev–Trinajstić information content (AvgIpc) is 2.68. The van der Waals surface area contributed by atoms with Crippen molar-refractivity contribution in [3.63, 3.8) is 0 Å². The molecule has 1 saturated heterocycles. The van der Waals surface area contributed by atoms with E-state index in [1.165, 1.54) is 0 Å². The molecule has 8 heteroatoms. The van der Waals surface area contributed by atoms with Crippen molar-refractivity contribution in [1.82, 2.24) is 4.31 Å². The lowest BCUT2D eigenvalue weighted by atomic mass is 10.1. The number of hydrogen-bond acceptors (Lipinski definition) is 4. The molecule has 2 aromatic carbocycles. The van der Waals surface area contributed by atoms with Gasteiger partial charge in [0.2, 0.25) is 10.0 Å². The summed E-state index contributed by atoms with van der Waals surface area (Å²) in [5, 5.41) is 2.80. The molecule has 1 atom stereocenters. The topological polar surface area (TPSA) is 75.7 Å². The van der Waals surface area contributed by atoms with E-state index in [1.807, 2.05) is 6.92 Å². The second-order valence-electron chi connectivity index (χ2n) is 6.79. The Hall–Kier alpha value is -1.65. The lowest BCUT2D eigenvalue weighted by Crippen LogP contribution is -2.41. The van der Waals surface area contributed by atoms with Gasteiger partial charge < -0.3 is 10.1 Å². The van der Waals surface area contributed by atoms with E-state index in [1.54, 1.807) is 53.9 Å². The summed E-state index contributed by atoms with van der Waals surface area (Å²) in [4.78, 5) is 12.7. The normalized spacial score (nSPS) is 17.9. The van der Waals surface area contributed by atoms with Crippen molar-refractivity contribution in [2.24, 2.45) is 0 Å². The van der Waals surface area contributed by atoms with E-state index in [9.17, 15) is 13.2 Å². The minimum atomic E-state index is -3.52. The van der Waals surface area contributed by atoms with Crippen molar-refractivity contribution >= 4 is 44.2 Å². The Bertz CT molecular complexity index is 961. The van der Waals surface area contributed by atoms with Gasteiger partial charge in [-0.2, -0.15) is 4.31 Å². The van der Waals surface area contributed by atoms with E-state index in [0.717, 1.165) is 22.8 Å². The van der Waals surface area contributed by atoms with Crippen LogP contribution in [0, 0.1) is 3.57 Å². The molecule has 0 aliphatic carbocycles. The number of benzene rings is 2. The summed E-state index contributed by atoms with van der Waals surface area (Å²) in [6, 6.07) is 11.5. The first-order chi connectivity index (χ1) is 13.3. The van der Waals surface area contributed by atoms with Gasteiger partial charge in [0.15, 0.2) is 0 Å². The zero-order valence-electron chi connectivity index (χ0n) is 15.8. The fourth-order valence-corrected chi connectivity index (χ4v) is 5.72. The highest BCUT2D eigenvalue weighted by Gasteiger charge is 2.30. The smallest absolute Gasteiger partial charge is 0.255 e. The van der Waals surface area contributed by atoms with Gasteiger partial charge in [-0.05, 0) is 84.8 Å². The molecule has 1 heterocycles. The number of nitrogens with zero attached hydrogens (tertiary/aromatic N) is 1. The number of anilines is 1. The number of hydrogen-bond donors (Lipinski definition) is 1. The number of amides is 1. The Morgan fingerprint density at radius 1 is 1.18 bits per heavy atom. The Kier molecular flexibility index (Phi) is 6.61. The highest BCUT2D eigenvalue weighted by Crippen LogP contribution is 2.26. The van der Waals surface area contributed by atoms with Gasteiger partial charge >= 0.3 is 0 Å². The molecule has 1 fully saturated rings. The minimum Gasteiger partial charge on any atom is -0.496 e. The number of carbonyl (C=O) groups is 1. The van der Waals surface area contributed by atoms with Crippen LogP contribution in [-0.2, 0) is 10.0 Å². The van der Waals surface area contributed by atoms with Crippen LogP contribution in [-0.4, -0.2) is 38.3 Å². The van der Waals surface area contributed by atoms with Crippen molar-refractivity contribution in [2.75, 3.05) is 19.0 Å². The van der Waals surface area contributed by atoms with Crippen LogP contribution >= 0.6 is 22.6 Å². The van der Waals surface area contributed by atoms with E-state index < -0.39 is 10.0 Å².